The number of benzene rings is 2. The zero-order chi connectivity index (χ0) is 18.5. The van der Waals surface area contributed by atoms with Gasteiger partial charge in [-0.05, 0) is 35.7 Å². The van der Waals surface area contributed by atoms with Crippen molar-refractivity contribution in [3.05, 3.63) is 82.8 Å². The lowest BCUT2D eigenvalue weighted by molar-refractivity contribution is 0.0953. The Labute approximate surface area is 161 Å². The summed E-state index contributed by atoms with van der Waals surface area (Å²) in [5.74, 6) is 1.58. The number of ether oxygens (including phenoxy) is 1. The molecule has 0 spiro atoms. The monoisotopic (exact) mass is 377 g/mol. The number of hydrogen-bond donors (Lipinski definition) is 1. The lowest BCUT2D eigenvalue weighted by Gasteiger charge is -2.11. The highest BCUT2D eigenvalue weighted by molar-refractivity contribution is 7.12. The van der Waals surface area contributed by atoms with Gasteiger partial charge in [-0.25, -0.2) is 4.98 Å². The number of nitrogens with zero attached hydrogens (tertiary/aromatic N) is 2. The highest BCUT2D eigenvalue weighted by Gasteiger charge is 2.13. The topological polar surface area (TPSA) is 56.2 Å². The minimum Gasteiger partial charge on any atom is -0.492 e. The lowest BCUT2D eigenvalue weighted by Crippen LogP contribution is -2.24. The van der Waals surface area contributed by atoms with Crippen LogP contribution in [-0.4, -0.2) is 22.1 Å². The van der Waals surface area contributed by atoms with Crippen LogP contribution in [0.15, 0.2) is 72.1 Å². The Bertz CT molecular complexity index is 1030. The molecule has 0 aliphatic rings. The molecule has 2 aromatic carbocycles. The van der Waals surface area contributed by atoms with Crippen molar-refractivity contribution in [2.45, 2.75) is 13.1 Å². The zero-order valence-electron chi connectivity index (χ0n) is 14.7. The van der Waals surface area contributed by atoms with Gasteiger partial charge in [0.15, 0.2) is 0 Å². The molecule has 136 valence electrons. The van der Waals surface area contributed by atoms with Crippen molar-refractivity contribution in [1.29, 1.82) is 0 Å². The molecule has 4 rings (SSSR count). The second-order valence-corrected chi connectivity index (χ2v) is 6.94. The van der Waals surface area contributed by atoms with Crippen LogP contribution in [0.3, 0.4) is 0 Å². The van der Waals surface area contributed by atoms with Crippen molar-refractivity contribution in [2.75, 3.05) is 6.61 Å². The number of thiophene rings is 1. The zero-order valence-corrected chi connectivity index (χ0v) is 15.5. The van der Waals surface area contributed by atoms with Gasteiger partial charge in [-0.15, -0.1) is 11.3 Å². The Hall–Kier alpha value is -3.12. The van der Waals surface area contributed by atoms with Crippen LogP contribution >= 0.6 is 11.3 Å². The normalized spacial score (nSPS) is 10.8. The molecule has 1 N–H and O–H groups in total. The minimum atomic E-state index is -0.0795. The number of amides is 1. The van der Waals surface area contributed by atoms with Gasteiger partial charge >= 0.3 is 0 Å². The second kappa shape index (κ2) is 8.05. The number of fused-ring (bicyclic) bond motifs is 1. The first kappa shape index (κ1) is 17.3. The molecule has 0 radical (unpaired) electrons. The number of aromatic nitrogens is 2. The molecule has 2 aromatic heterocycles. The Morgan fingerprint density at radius 2 is 1.85 bits per heavy atom. The Balaban J connectivity index is 1.49. The van der Waals surface area contributed by atoms with E-state index in [1.807, 2.05) is 72.1 Å². The van der Waals surface area contributed by atoms with Gasteiger partial charge in [-0.3, -0.25) is 4.79 Å². The Kier molecular flexibility index (Phi) is 5.16. The van der Waals surface area contributed by atoms with E-state index in [0.717, 1.165) is 22.6 Å². The predicted molar refractivity (Wildman–Crippen MR) is 107 cm³/mol. The Morgan fingerprint density at radius 3 is 2.67 bits per heavy atom. The van der Waals surface area contributed by atoms with Gasteiger partial charge in [0.2, 0.25) is 0 Å². The number of carbonyl (C=O) groups is 1. The highest BCUT2D eigenvalue weighted by atomic mass is 32.1. The summed E-state index contributed by atoms with van der Waals surface area (Å²) >= 11 is 1.43. The summed E-state index contributed by atoms with van der Waals surface area (Å²) < 4.78 is 7.94. The van der Waals surface area contributed by atoms with Crippen LogP contribution < -0.4 is 10.1 Å². The summed E-state index contributed by atoms with van der Waals surface area (Å²) in [5.41, 5.74) is 1.95. The van der Waals surface area contributed by atoms with Crippen molar-refractivity contribution >= 4 is 28.3 Å². The molecule has 0 atom stereocenters. The van der Waals surface area contributed by atoms with Crippen LogP contribution in [0, 0.1) is 0 Å². The summed E-state index contributed by atoms with van der Waals surface area (Å²) in [7, 11) is 0. The van der Waals surface area contributed by atoms with Gasteiger partial charge in [0, 0.05) is 0 Å². The molecule has 0 aliphatic carbocycles. The van der Waals surface area contributed by atoms with Gasteiger partial charge in [-0.1, -0.05) is 36.4 Å². The van der Waals surface area contributed by atoms with Crippen molar-refractivity contribution in [2.24, 2.45) is 0 Å². The van der Waals surface area contributed by atoms with Crippen molar-refractivity contribution in [3.8, 4) is 5.75 Å². The minimum absolute atomic E-state index is 0.0795. The number of carbonyl (C=O) groups excluding carboxylic acids is 1. The molecular weight excluding hydrogens is 358 g/mol. The van der Waals surface area contributed by atoms with Crippen molar-refractivity contribution < 1.29 is 9.53 Å². The van der Waals surface area contributed by atoms with E-state index in [4.69, 9.17) is 4.74 Å². The van der Waals surface area contributed by atoms with Crippen LogP contribution in [0.1, 0.15) is 15.5 Å². The molecule has 0 saturated carbocycles. The van der Waals surface area contributed by atoms with E-state index in [-0.39, 0.29) is 5.91 Å². The van der Waals surface area contributed by atoms with Crippen LogP contribution in [0.4, 0.5) is 0 Å². The number of para-hydroxylation sites is 3. The molecule has 0 saturated heterocycles. The van der Waals surface area contributed by atoms with Crippen molar-refractivity contribution in [1.82, 2.24) is 14.9 Å². The van der Waals surface area contributed by atoms with E-state index in [1.165, 1.54) is 11.3 Å². The van der Waals surface area contributed by atoms with Crippen LogP contribution in [0.5, 0.6) is 5.75 Å². The number of rotatable bonds is 7. The molecule has 0 aliphatic heterocycles. The highest BCUT2D eigenvalue weighted by Crippen LogP contribution is 2.17. The van der Waals surface area contributed by atoms with Gasteiger partial charge in [0.1, 0.15) is 18.2 Å². The second-order valence-electron chi connectivity index (χ2n) is 5.99. The number of nitrogens with one attached hydrogen (secondary N) is 1. The van der Waals surface area contributed by atoms with Gasteiger partial charge < -0.3 is 14.6 Å². The van der Waals surface area contributed by atoms with E-state index in [1.54, 1.807) is 0 Å². The average Bonchev–Trinajstić information content (AvgIpc) is 3.36. The van der Waals surface area contributed by atoms with E-state index in [9.17, 15) is 4.79 Å². The molecule has 4 aromatic rings. The maximum atomic E-state index is 12.2. The first-order valence-corrected chi connectivity index (χ1v) is 9.63. The molecule has 0 fully saturated rings. The van der Waals surface area contributed by atoms with E-state index in [2.05, 4.69) is 14.9 Å². The standard InChI is InChI=1S/C21H19N3O2S/c25-21(19-11-6-14-27-19)22-15-20-23-17-9-4-5-10-18(17)24(20)12-13-26-16-7-2-1-3-8-16/h1-11,14H,12-13,15H2,(H,22,25). The summed E-state index contributed by atoms with van der Waals surface area (Å²) in [6, 6.07) is 21.4. The summed E-state index contributed by atoms with van der Waals surface area (Å²) in [5, 5.41) is 4.85. The maximum Gasteiger partial charge on any atom is 0.261 e. The van der Waals surface area contributed by atoms with Gasteiger partial charge in [0.25, 0.3) is 5.91 Å². The van der Waals surface area contributed by atoms with E-state index >= 15 is 0 Å². The fraction of sp³-hybridized carbons (Fsp3) is 0.143. The average molecular weight is 377 g/mol. The third-order valence-corrected chi connectivity index (χ3v) is 5.08. The predicted octanol–water partition coefficient (Wildman–Crippen LogP) is 4.11. The lowest BCUT2D eigenvalue weighted by atomic mass is 10.3. The number of hydrogen-bond acceptors (Lipinski definition) is 4. The van der Waals surface area contributed by atoms with Gasteiger partial charge in [0.05, 0.1) is 29.0 Å². The molecule has 5 nitrogen and oxygen atoms in total. The fourth-order valence-electron chi connectivity index (χ4n) is 2.94. The first-order valence-electron chi connectivity index (χ1n) is 8.75. The molecule has 0 bridgehead atoms. The fourth-order valence-corrected chi connectivity index (χ4v) is 3.58. The molecule has 6 heteroatoms. The largest absolute Gasteiger partial charge is 0.492 e. The molecular formula is C21H19N3O2S. The summed E-state index contributed by atoms with van der Waals surface area (Å²) in [6.07, 6.45) is 0. The Morgan fingerprint density at radius 1 is 1.04 bits per heavy atom. The number of imidazole rings is 1. The van der Waals surface area contributed by atoms with Crippen LogP contribution in [0.2, 0.25) is 0 Å². The third-order valence-electron chi connectivity index (χ3n) is 4.21. The molecule has 27 heavy (non-hydrogen) atoms. The molecule has 0 unspecified atom stereocenters. The first-order chi connectivity index (χ1) is 13.3. The molecule has 2 heterocycles. The van der Waals surface area contributed by atoms with Crippen molar-refractivity contribution in [3.63, 3.8) is 0 Å². The van der Waals surface area contributed by atoms with E-state index < -0.39 is 0 Å². The maximum absolute atomic E-state index is 12.2. The van der Waals surface area contributed by atoms with Gasteiger partial charge in [-0.2, -0.15) is 0 Å². The third kappa shape index (κ3) is 4.01. The molecule has 1 amide bonds. The van der Waals surface area contributed by atoms with E-state index in [0.29, 0.717) is 24.6 Å². The van der Waals surface area contributed by atoms with Crippen LogP contribution in [-0.2, 0) is 13.1 Å². The SMILES string of the molecule is O=C(NCc1nc2ccccc2n1CCOc1ccccc1)c1cccs1. The summed E-state index contributed by atoms with van der Waals surface area (Å²) in [6.45, 7) is 1.55. The smallest absolute Gasteiger partial charge is 0.261 e. The summed E-state index contributed by atoms with van der Waals surface area (Å²) in [4.78, 5) is 17.6. The van der Waals surface area contributed by atoms with Crippen LogP contribution in [0.25, 0.3) is 11.0 Å². The quantitative estimate of drug-likeness (QED) is 0.527.